The van der Waals surface area contributed by atoms with Crippen LogP contribution in [0.15, 0.2) is 109 Å². The van der Waals surface area contributed by atoms with Gasteiger partial charge in [-0.3, -0.25) is 0 Å². The number of esters is 1. The molecule has 4 aromatic carbocycles. The van der Waals surface area contributed by atoms with E-state index in [1.54, 1.807) is 24.3 Å². The lowest BCUT2D eigenvalue weighted by Crippen LogP contribution is -2.09. The standard InChI is InChI=1S/C28H20ClNO2/c29-23-17-15-22(16-18-23)28(31)32-27-24-13-7-8-14-25(24)30(19-20-9-3-1-4-10-20)26(27)21-11-5-2-6-12-21/h1-18H,19H2. The van der Waals surface area contributed by atoms with Gasteiger partial charge in [0.25, 0.3) is 0 Å². The lowest BCUT2D eigenvalue weighted by atomic mass is 10.1. The van der Waals surface area contributed by atoms with Crippen LogP contribution in [0.4, 0.5) is 0 Å². The molecule has 0 aliphatic rings. The topological polar surface area (TPSA) is 31.2 Å². The number of rotatable bonds is 5. The highest BCUT2D eigenvalue weighted by atomic mass is 35.5. The summed E-state index contributed by atoms with van der Waals surface area (Å²) in [6.45, 7) is 0.657. The van der Waals surface area contributed by atoms with Gasteiger partial charge in [0, 0.05) is 22.5 Å². The highest BCUT2D eigenvalue weighted by molar-refractivity contribution is 6.30. The van der Waals surface area contributed by atoms with Crippen molar-refractivity contribution in [3.8, 4) is 17.0 Å². The Morgan fingerprint density at radius 1 is 0.750 bits per heavy atom. The number of carbonyl (C=O) groups is 1. The summed E-state index contributed by atoms with van der Waals surface area (Å²) < 4.78 is 8.27. The van der Waals surface area contributed by atoms with Crippen molar-refractivity contribution in [2.75, 3.05) is 0 Å². The maximum atomic E-state index is 13.0. The van der Waals surface area contributed by atoms with E-state index in [1.807, 2.05) is 66.7 Å². The lowest BCUT2D eigenvalue weighted by Gasteiger charge is -2.13. The van der Waals surface area contributed by atoms with E-state index in [1.165, 1.54) is 5.56 Å². The Morgan fingerprint density at radius 2 is 1.38 bits per heavy atom. The minimum Gasteiger partial charge on any atom is -0.420 e. The minimum absolute atomic E-state index is 0.415. The molecular formula is C28H20ClNO2. The van der Waals surface area contributed by atoms with Gasteiger partial charge in [-0.15, -0.1) is 0 Å². The number of halogens is 1. The number of aromatic nitrogens is 1. The third-order valence-electron chi connectivity index (χ3n) is 5.43. The number of hydrogen-bond donors (Lipinski definition) is 0. The van der Waals surface area contributed by atoms with Gasteiger partial charge < -0.3 is 9.30 Å². The first kappa shape index (κ1) is 20.1. The number of benzene rings is 4. The summed E-state index contributed by atoms with van der Waals surface area (Å²) in [6.07, 6.45) is 0. The predicted octanol–water partition coefficient (Wildman–Crippen LogP) is 7.23. The van der Waals surface area contributed by atoms with Gasteiger partial charge >= 0.3 is 5.97 Å². The smallest absolute Gasteiger partial charge is 0.343 e. The molecule has 1 aromatic heterocycles. The third-order valence-corrected chi connectivity index (χ3v) is 5.68. The minimum atomic E-state index is -0.415. The fourth-order valence-corrected chi connectivity index (χ4v) is 4.05. The number of nitrogens with zero attached hydrogens (tertiary/aromatic N) is 1. The van der Waals surface area contributed by atoms with E-state index in [-0.39, 0.29) is 0 Å². The Kier molecular flexibility index (Phi) is 5.49. The van der Waals surface area contributed by atoms with E-state index >= 15 is 0 Å². The van der Waals surface area contributed by atoms with Crippen LogP contribution in [-0.4, -0.2) is 10.5 Å². The normalized spacial score (nSPS) is 10.9. The van der Waals surface area contributed by atoms with E-state index in [0.29, 0.717) is 22.9 Å². The van der Waals surface area contributed by atoms with Crippen LogP contribution < -0.4 is 4.74 Å². The molecule has 0 unspecified atom stereocenters. The number of ether oxygens (including phenoxy) is 1. The van der Waals surface area contributed by atoms with Crippen LogP contribution in [0.3, 0.4) is 0 Å². The quantitative estimate of drug-likeness (QED) is 0.271. The van der Waals surface area contributed by atoms with E-state index < -0.39 is 5.97 Å². The maximum Gasteiger partial charge on any atom is 0.343 e. The molecule has 156 valence electrons. The van der Waals surface area contributed by atoms with Crippen LogP contribution >= 0.6 is 11.6 Å². The van der Waals surface area contributed by atoms with Gasteiger partial charge in [0.2, 0.25) is 0 Å². The first-order valence-electron chi connectivity index (χ1n) is 10.4. The second kappa shape index (κ2) is 8.74. The van der Waals surface area contributed by atoms with Crippen LogP contribution in [0.2, 0.25) is 5.02 Å². The monoisotopic (exact) mass is 437 g/mol. The summed E-state index contributed by atoms with van der Waals surface area (Å²) in [6, 6.07) is 35.1. The average Bonchev–Trinajstić information content (AvgIpc) is 3.14. The van der Waals surface area contributed by atoms with Crippen molar-refractivity contribution in [1.29, 1.82) is 0 Å². The molecule has 0 radical (unpaired) electrons. The van der Waals surface area contributed by atoms with Gasteiger partial charge in [-0.2, -0.15) is 0 Å². The van der Waals surface area contributed by atoms with Crippen molar-refractivity contribution in [3.05, 3.63) is 125 Å². The summed E-state index contributed by atoms with van der Waals surface area (Å²) in [7, 11) is 0. The Labute approximate surface area is 191 Å². The zero-order valence-corrected chi connectivity index (χ0v) is 18.0. The number of para-hydroxylation sites is 1. The molecule has 32 heavy (non-hydrogen) atoms. The Hall–Kier alpha value is -3.82. The molecule has 0 amide bonds. The molecule has 0 N–H and O–H groups in total. The first-order valence-corrected chi connectivity index (χ1v) is 10.8. The molecule has 0 spiro atoms. The van der Waals surface area contributed by atoms with Crippen molar-refractivity contribution in [2.45, 2.75) is 6.54 Å². The molecule has 0 bridgehead atoms. The fraction of sp³-hybridized carbons (Fsp3) is 0.0357. The van der Waals surface area contributed by atoms with Gasteiger partial charge in [0.15, 0.2) is 5.75 Å². The predicted molar refractivity (Wildman–Crippen MR) is 129 cm³/mol. The molecule has 0 saturated heterocycles. The summed E-state index contributed by atoms with van der Waals surface area (Å²) >= 11 is 5.98. The number of fused-ring (bicyclic) bond motifs is 1. The lowest BCUT2D eigenvalue weighted by molar-refractivity contribution is 0.0737. The van der Waals surface area contributed by atoms with Crippen LogP contribution in [0.1, 0.15) is 15.9 Å². The van der Waals surface area contributed by atoms with Crippen LogP contribution in [0.5, 0.6) is 5.75 Å². The Balaban J connectivity index is 1.69. The Bertz CT molecular complexity index is 1370. The van der Waals surface area contributed by atoms with Crippen LogP contribution in [-0.2, 0) is 6.54 Å². The molecule has 0 fully saturated rings. The Morgan fingerprint density at radius 3 is 2.09 bits per heavy atom. The zero-order chi connectivity index (χ0) is 21.9. The van der Waals surface area contributed by atoms with Crippen molar-refractivity contribution in [3.63, 3.8) is 0 Å². The van der Waals surface area contributed by atoms with Crippen molar-refractivity contribution in [1.82, 2.24) is 4.57 Å². The summed E-state index contributed by atoms with van der Waals surface area (Å²) in [5.74, 6) is 0.143. The summed E-state index contributed by atoms with van der Waals surface area (Å²) in [5.41, 5.74) is 4.49. The van der Waals surface area contributed by atoms with Crippen LogP contribution in [0, 0.1) is 0 Å². The summed E-state index contributed by atoms with van der Waals surface area (Å²) in [4.78, 5) is 13.0. The molecule has 0 aliphatic carbocycles. The van der Waals surface area contributed by atoms with Gasteiger partial charge in [0.05, 0.1) is 16.8 Å². The molecule has 3 nitrogen and oxygen atoms in total. The SMILES string of the molecule is O=C(Oc1c(-c2ccccc2)n(Cc2ccccc2)c2ccccc12)c1ccc(Cl)cc1. The molecule has 4 heteroatoms. The highest BCUT2D eigenvalue weighted by Crippen LogP contribution is 2.41. The number of hydrogen-bond acceptors (Lipinski definition) is 2. The first-order chi connectivity index (χ1) is 15.7. The molecule has 0 saturated carbocycles. The number of carbonyl (C=O) groups excluding carboxylic acids is 1. The maximum absolute atomic E-state index is 13.0. The van der Waals surface area contributed by atoms with E-state index in [0.717, 1.165) is 22.2 Å². The van der Waals surface area contributed by atoms with Crippen molar-refractivity contribution < 1.29 is 9.53 Å². The molecular weight excluding hydrogens is 418 g/mol. The van der Waals surface area contributed by atoms with E-state index in [9.17, 15) is 4.79 Å². The second-order valence-electron chi connectivity index (χ2n) is 7.53. The molecule has 5 rings (SSSR count). The van der Waals surface area contributed by atoms with Gasteiger partial charge in [-0.25, -0.2) is 4.79 Å². The second-order valence-corrected chi connectivity index (χ2v) is 7.97. The average molecular weight is 438 g/mol. The third kappa shape index (κ3) is 3.91. The summed E-state index contributed by atoms with van der Waals surface area (Å²) in [5, 5.41) is 1.47. The van der Waals surface area contributed by atoms with Gasteiger partial charge in [0.1, 0.15) is 0 Å². The van der Waals surface area contributed by atoms with E-state index in [4.69, 9.17) is 16.3 Å². The van der Waals surface area contributed by atoms with Crippen molar-refractivity contribution >= 4 is 28.5 Å². The van der Waals surface area contributed by atoms with Crippen molar-refractivity contribution in [2.24, 2.45) is 0 Å². The van der Waals surface area contributed by atoms with Gasteiger partial charge in [-0.1, -0.05) is 84.4 Å². The molecule has 0 aliphatic heterocycles. The molecule has 1 heterocycles. The van der Waals surface area contributed by atoms with E-state index in [2.05, 4.69) is 22.8 Å². The molecule has 5 aromatic rings. The zero-order valence-electron chi connectivity index (χ0n) is 17.2. The highest BCUT2D eigenvalue weighted by Gasteiger charge is 2.23. The largest absolute Gasteiger partial charge is 0.420 e. The van der Waals surface area contributed by atoms with Gasteiger partial charge in [-0.05, 0) is 42.0 Å². The van der Waals surface area contributed by atoms with Crippen LogP contribution in [0.25, 0.3) is 22.2 Å². The fourth-order valence-electron chi connectivity index (χ4n) is 3.93. The molecule has 0 atom stereocenters.